The minimum atomic E-state index is -0.292. The van der Waals surface area contributed by atoms with Crippen LogP contribution >= 0.6 is 15.9 Å². The van der Waals surface area contributed by atoms with Gasteiger partial charge in [0.2, 0.25) is 0 Å². The number of hydrogen-bond acceptors (Lipinski definition) is 3. The zero-order valence-corrected chi connectivity index (χ0v) is 12.4. The van der Waals surface area contributed by atoms with E-state index in [1.54, 1.807) is 6.07 Å². The van der Waals surface area contributed by atoms with Crippen LogP contribution < -0.4 is 4.90 Å². The van der Waals surface area contributed by atoms with E-state index < -0.39 is 0 Å². The molecule has 0 atom stereocenters. The predicted molar refractivity (Wildman–Crippen MR) is 78.5 cm³/mol. The summed E-state index contributed by atoms with van der Waals surface area (Å²) in [5.41, 5.74) is 1.86. The van der Waals surface area contributed by atoms with Crippen LogP contribution in [0.25, 0.3) is 0 Å². The molecule has 1 aromatic carbocycles. The smallest absolute Gasteiger partial charge is 0.292 e. The van der Waals surface area contributed by atoms with Gasteiger partial charge >= 0.3 is 0 Å². The fourth-order valence-electron chi connectivity index (χ4n) is 1.96. The van der Waals surface area contributed by atoms with Crippen molar-refractivity contribution in [1.29, 1.82) is 0 Å². The highest BCUT2D eigenvalue weighted by atomic mass is 79.9. The molecular formula is C13H19BrN2O2. The van der Waals surface area contributed by atoms with Crippen molar-refractivity contribution in [2.45, 2.75) is 32.0 Å². The van der Waals surface area contributed by atoms with E-state index in [0.29, 0.717) is 5.33 Å². The fraction of sp³-hybridized carbons (Fsp3) is 0.538. The molecule has 100 valence electrons. The zero-order valence-electron chi connectivity index (χ0n) is 10.9. The first-order valence-electron chi connectivity index (χ1n) is 6.22. The fourth-order valence-corrected chi connectivity index (χ4v) is 2.31. The summed E-state index contributed by atoms with van der Waals surface area (Å²) in [6.45, 7) is 5.87. The lowest BCUT2D eigenvalue weighted by molar-refractivity contribution is -0.384. The maximum atomic E-state index is 11.2. The molecular weight excluding hydrogens is 296 g/mol. The number of nitro groups is 1. The monoisotopic (exact) mass is 314 g/mol. The molecule has 1 aromatic rings. The Kier molecular flexibility index (Phi) is 6.12. The van der Waals surface area contributed by atoms with Gasteiger partial charge in [0, 0.05) is 24.5 Å². The minimum Gasteiger partial charge on any atom is -0.366 e. The predicted octanol–water partition coefficient (Wildman–Crippen LogP) is 4.12. The van der Waals surface area contributed by atoms with Crippen LogP contribution in [0, 0.1) is 10.1 Å². The molecule has 18 heavy (non-hydrogen) atoms. The maximum absolute atomic E-state index is 11.2. The molecule has 5 heteroatoms. The first kappa shape index (κ1) is 15.0. The van der Waals surface area contributed by atoms with Crippen molar-refractivity contribution >= 4 is 27.3 Å². The summed E-state index contributed by atoms with van der Waals surface area (Å²) in [5.74, 6) is 0. The molecule has 0 fully saturated rings. The number of alkyl halides is 1. The molecule has 0 aliphatic heterocycles. The molecule has 0 radical (unpaired) electrons. The third-order valence-electron chi connectivity index (χ3n) is 2.72. The van der Waals surface area contributed by atoms with Crippen molar-refractivity contribution in [3.05, 3.63) is 33.9 Å². The lowest BCUT2D eigenvalue weighted by atomic mass is 10.1. The number of nitro benzene ring substituents is 1. The van der Waals surface area contributed by atoms with Crippen LogP contribution in [-0.4, -0.2) is 18.0 Å². The Hall–Kier alpha value is -1.10. The molecule has 0 saturated heterocycles. The van der Waals surface area contributed by atoms with Crippen LogP contribution in [0.5, 0.6) is 0 Å². The lowest BCUT2D eigenvalue weighted by Gasteiger charge is -2.23. The van der Waals surface area contributed by atoms with Crippen molar-refractivity contribution in [1.82, 2.24) is 0 Å². The third kappa shape index (κ3) is 3.70. The Bertz CT molecular complexity index is 404. The van der Waals surface area contributed by atoms with Gasteiger partial charge in [-0.15, -0.1) is 0 Å². The van der Waals surface area contributed by atoms with Gasteiger partial charge in [0.1, 0.15) is 5.69 Å². The van der Waals surface area contributed by atoms with Gasteiger partial charge in [-0.05, 0) is 24.5 Å². The molecule has 0 amide bonds. The second kappa shape index (κ2) is 7.36. The number of nitrogens with zero attached hydrogens (tertiary/aromatic N) is 2. The number of benzene rings is 1. The van der Waals surface area contributed by atoms with Crippen molar-refractivity contribution in [2.75, 3.05) is 18.0 Å². The van der Waals surface area contributed by atoms with Crippen LogP contribution in [0.2, 0.25) is 0 Å². The maximum Gasteiger partial charge on any atom is 0.292 e. The van der Waals surface area contributed by atoms with E-state index in [4.69, 9.17) is 0 Å². The van der Waals surface area contributed by atoms with E-state index in [1.165, 1.54) is 0 Å². The van der Waals surface area contributed by atoms with Crippen LogP contribution in [0.4, 0.5) is 11.4 Å². The summed E-state index contributed by atoms with van der Waals surface area (Å²) in [4.78, 5) is 13.0. The van der Waals surface area contributed by atoms with Crippen molar-refractivity contribution in [3.63, 3.8) is 0 Å². The van der Waals surface area contributed by atoms with Crippen LogP contribution in [-0.2, 0) is 5.33 Å². The Labute approximate surface area is 116 Å². The lowest BCUT2D eigenvalue weighted by Crippen LogP contribution is -2.25. The standard InChI is InChI=1S/C13H19BrN2O2/c1-3-7-15(8-4-2)12-6-5-11(10-14)9-13(12)16(17)18/h5-6,9H,3-4,7-8,10H2,1-2H3. The Morgan fingerprint density at radius 3 is 2.33 bits per heavy atom. The van der Waals surface area contributed by atoms with Gasteiger partial charge in [-0.1, -0.05) is 35.8 Å². The summed E-state index contributed by atoms with van der Waals surface area (Å²) in [6.07, 6.45) is 1.97. The number of hydrogen-bond donors (Lipinski definition) is 0. The largest absolute Gasteiger partial charge is 0.366 e. The summed E-state index contributed by atoms with van der Waals surface area (Å²) in [7, 11) is 0. The SMILES string of the molecule is CCCN(CCC)c1ccc(CBr)cc1[N+](=O)[O-]. The van der Waals surface area contributed by atoms with E-state index in [-0.39, 0.29) is 10.6 Å². The first-order valence-corrected chi connectivity index (χ1v) is 7.34. The average molecular weight is 315 g/mol. The van der Waals surface area contributed by atoms with Crippen molar-refractivity contribution in [2.24, 2.45) is 0 Å². The molecule has 1 rings (SSSR count). The average Bonchev–Trinajstić information content (AvgIpc) is 2.37. The van der Waals surface area contributed by atoms with E-state index in [9.17, 15) is 10.1 Å². The highest BCUT2D eigenvalue weighted by Gasteiger charge is 2.18. The Morgan fingerprint density at radius 1 is 1.28 bits per heavy atom. The number of halogens is 1. The summed E-state index contributed by atoms with van der Waals surface area (Å²) < 4.78 is 0. The zero-order chi connectivity index (χ0) is 13.5. The van der Waals surface area contributed by atoms with Gasteiger partial charge in [-0.2, -0.15) is 0 Å². The van der Waals surface area contributed by atoms with E-state index in [0.717, 1.165) is 37.2 Å². The molecule has 0 spiro atoms. The number of rotatable bonds is 7. The van der Waals surface area contributed by atoms with Crippen LogP contribution in [0.1, 0.15) is 32.3 Å². The van der Waals surface area contributed by atoms with Crippen molar-refractivity contribution in [3.8, 4) is 0 Å². The van der Waals surface area contributed by atoms with Gasteiger partial charge in [-0.3, -0.25) is 10.1 Å². The third-order valence-corrected chi connectivity index (χ3v) is 3.37. The molecule has 0 unspecified atom stereocenters. The Morgan fingerprint density at radius 2 is 1.89 bits per heavy atom. The number of anilines is 1. The molecule has 4 nitrogen and oxygen atoms in total. The summed E-state index contributed by atoms with van der Waals surface area (Å²) in [5, 5.41) is 11.8. The molecule has 0 saturated carbocycles. The topological polar surface area (TPSA) is 46.4 Å². The van der Waals surface area contributed by atoms with Gasteiger partial charge in [-0.25, -0.2) is 0 Å². The normalized spacial score (nSPS) is 10.4. The molecule has 0 aromatic heterocycles. The van der Waals surface area contributed by atoms with Gasteiger partial charge < -0.3 is 4.90 Å². The second-order valence-corrected chi connectivity index (χ2v) is 4.76. The van der Waals surface area contributed by atoms with E-state index in [1.807, 2.05) is 12.1 Å². The van der Waals surface area contributed by atoms with Crippen molar-refractivity contribution < 1.29 is 4.92 Å². The molecule has 0 aliphatic rings. The van der Waals surface area contributed by atoms with Gasteiger partial charge in [0.15, 0.2) is 0 Å². The molecule has 0 bridgehead atoms. The first-order chi connectivity index (χ1) is 8.63. The van der Waals surface area contributed by atoms with E-state index >= 15 is 0 Å². The summed E-state index contributed by atoms with van der Waals surface area (Å²) >= 11 is 3.33. The van der Waals surface area contributed by atoms with Gasteiger partial charge in [0.05, 0.1) is 4.92 Å². The van der Waals surface area contributed by atoms with Crippen LogP contribution in [0.3, 0.4) is 0 Å². The summed E-state index contributed by atoms with van der Waals surface area (Å²) in [6, 6.07) is 5.46. The quantitative estimate of drug-likeness (QED) is 0.432. The Balaban J connectivity index is 3.15. The molecule has 0 N–H and O–H groups in total. The van der Waals surface area contributed by atoms with Gasteiger partial charge in [0.25, 0.3) is 5.69 Å². The molecule has 0 aliphatic carbocycles. The minimum absolute atomic E-state index is 0.203. The highest BCUT2D eigenvalue weighted by Crippen LogP contribution is 2.30. The van der Waals surface area contributed by atoms with E-state index in [2.05, 4.69) is 34.7 Å². The molecule has 0 heterocycles. The second-order valence-electron chi connectivity index (χ2n) is 4.20. The highest BCUT2D eigenvalue weighted by molar-refractivity contribution is 9.08. The van der Waals surface area contributed by atoms with Crippen LogP contribution in [0.15, 0.2) is 18.2 Å².